The zero-order chi connectivity index (χ0) is 23.6. The average molecular weight is 453 g/mol. The van der Waals surface area contributed by atoms with E-state index in [1.807, 2.05) is 55.5 Å². The molecule has 0 heterocycles. The van der Waals surface area contributed by atoms with Crippen LogP contribution in [0.4, 0.5) is 0 Å². The van der Waals surface area contributed by atoms with Crippen molar-refractivity contribution in [1.29, 1.82) is 0 Å². The van der Waals surface area contributed by atoms with Crippen LogP contribution < -0.4 is 14.8 Å². The lowest BCUT2D eigenvalue weighted by Crippen LogP contribution is -2.51. The summed E-state index contributed by atoms with van der Waals surface area (Å²) in [5, 5.41) is 3.22. The van der Waals surface area contributed by atoms with Crippen LogP contribution in [0.5, 0.6) is 11.5 Å². The highest BCUT2D eigenvalue weighted by atomic mass is 16.5. The highest BCUT2D eigenvalue weighted by Gasteiger charge is 2.30. The summed E-state index contributed by atoms with van der Waals surface area (Å²) in [4.78, 5) is 28.5. The Morgan fingerprint density at radius 1 is 0.970 bits per heavy atom. The third kappa shape index (κ3) is 6.98. The molecule has 178 valence electrons. The molecule has 33 heavy (non-hydrogen) atoms. The van der Waals surface area contributed by atoms with Gasteiger partial charge in [0.05, 0.1) is 20.6 Å². The molecule has 0 bridgehead atoms. The van der Waals surface area contributed by atoms with Crippen LogP contribution in [-0.2, 0) is 22.6 Å². The maximum absolute atomic E-state index is 13.5. The Balaban J connectivity index is 1.81. The van der Waals surface area contributed by atoms with E-state index in [-0.39, 0.29) is 24.3 Å². The van der Waals surface area contributed by atoms with Crippen LogP contribution in [0, 0.1) is 0 Å². The summed E-state index contributed by atoms with van der Waals surface area (Å²) in [5.41, 5.74) is 1.82. The number of carbonyl (C=O) groups is 2. The molecule has 2 aromatic rings. The van der Waals surface area contributed by atoms with E-state index in [0.29, 0.717) is 13.0 Å². The predicted octanol–water partition coefficient (Wildman–Crippen LogP) is 4.50. The molecule has 0 unspecified atom stereocenters. The van der Waals surface area contributed by atoms with Gasteiger partial charge in [0.15, 0.2) is 0 Å². The minimum Gasteiger partial charge on any atom is -0.497 e. The molecule has 6 nitrogen and oxygen atoms in total. The number of rotatable bonds is 10. The fourth-order valence-electron chi connectivity index (χ4n) is 4.45. The highest BCUT2D eigenvalue weighted by molar-refractivity contribution is 5.88. The van der Waals surface area contributed by atoms with Crippen molar-refractivity contribution in [1.82, 2.24) is 10.2 Å². The van der Waals surface area contributed by atoms with Crippen molar-refractivity contribution in [2.45, 2.75) is 70.5 Å². The molecule has 0 aromatic heterocycles. The third-order valence-electron chi connectivity index (χ3n) is 6.34. The quantitative estimate of drug-likeness (QED) is 0.576. The molecule has 0 radical (unpaired) electrons. The van der Waals surface area contributed by atoms with Gasteiger partial charge >= 0.3 is 0 Å². The van der Waals surface area contributed by atoms with Gasteiger partial charge in [-0.05, 0) is 54.7 Å². The number of methoxy groups -OCH3 is 2. The van der Waals surface area contributed by atoms with E-state index in [0.717, 1.165) is 48.3 Å². The second-order valence-corrected chi connectivity index (χ2v) is 8.67. The highest BCUT2D eigenvalue weighted by Crippen LogP contribution is 2.21. The first-order chi connectivity index (χ1) is 16.0. The summed E-state index contributed by atoms with van der Waals surface area (Å²) in [6, 6.07) is 14.8. The zero-order valence-corrected chi connectivity index (χ0v) is 20.0. The molecule has 0 saturated heterocycles. The molecule has 0 spiro atoms. The standard InChI is InChI=1S/C27H36N2O4/c1-4-25(27(31)28-22-10-6-5-7-11-22)29(19-21-9-8-12-24(17-21)33-3)26(30)18-20-13-15-23(32-2)16-14-20/h8-9,12-17,22,25H,4-7,10-11,18-19H2,1-3H3,(H,28,31)/t25-/m1/s1. The molecule has 0 aliphatic heterocycles. The van der Waals surface area contributed by atoms with Crippen LogP contribution in [0.3, 0.4) is 0 Å². The lowest BCUT2D eigenvalue weighted by atomic mass is 9.95. The van der Waals surface area contributed by atoms with Gasteiger partial charge in [0, 0.05) is 12.6 Å². The number of hydrogen-bond donors (Lipinski definition) is 1. The maximum atomic E-state index is 13.5. The van der Waals surface area contributed by atoms with Gasteiger partial charge in [-0.2, -0.15) is 0 Å². The minimum atomic E-state index is -0.524. The predicted molar refractivity (Wildman–Crippen MR) is 129 cm³/mol. The third-order valence-corrected chi connectivity index (χ3v) is 6.34. The van der Waals surface area contributed by atoms with Crippen LogP contribution in [0.15, 0.2) is 48.5 Å². The lowest BCUT2D eigenvalue weighted by Gasteiger charge is -2.33. The van der Waals surface area contributed by atoms with Gasteiger partial charge in [-0.15, -0.1) is 0 Å². The Kier molecular flexibility index (Phi) is 9.16. The first kappa shape index (κ1) is 24.6. The summed E-state index contributed by atoms with van der Waals surface area (Å²) >= 11 is 0. The van der Waals surface area contributed by atoms with Crippen LogP contribution in [0.1, 0.15) is 56.6 Å². The number of nitrogens with zero attached hydrogens (tertiary/aromatic N) is 1. The Morgan fingerprint density at radius 2 is 1.67 bits per heavy atom. The topological polar surface area (TPSA) is 67.9 Å². The minimum absolute atomic E-state index is 0.0598. The lowest BCUT2D eigenvalue weighted by molar-refractivity contribution is -0.141. The Bertz CT molecular complexity index is 907. The van der Waals surface area contributed by atoms with Crippen LogP contribution in [-0.4, -0.2) is 43.0 Å². The van der Waals surface area contributed by atoms with Crippen LogP contribution in [0.25, 0.3) is 0 Å². The number of amides is 2. The normalized spacial score (nSPS) is 14.9. The van der Waals surface area contributed by atoms with E-state index in [4.69, 9.17) is 9.47 Å². The summed E-state index contributed by atoms with van der Waals surface area (Å²) in [7, 11) is 3.24. The van der Waals surface area contributed by atoms with Gasteiger partial charge < -0.3 is 19.7 Å². The van der Waals surface area contributed by atoms with Gasteiger partial charge in [0.1, 0.15) is 17.5 Å². The summed E-state index contributed by atoms with van der Waals surface area (Å²) < 4.78 is 10.6. The van der Waals surface area contributed by atoms with E-state index in [1.165, 1.54) is 6.42 Å². The van der Waals surface area contributed by atoms with Gasteiger partial charge in [0.25, 0.3) is 0 Å². The maximum Gasteiger partial charge on any atom is 0.243 e. The van der Waals surface area contributed by atoms with Crippen molar-refractivity contribution in [3.05, 3.63) is 59.7 Å². The van der Waals surface area contributed by atoms with E-state index < -0.39 is 6.04 Å². The molecule has 3 rings (SSSR count). The summed E-state index contributed by atoms with van der Waals surface area (Å²) in [6.45, 7) is 2.31. The molecule has 1 atom stereocenters. The number of benzene rings is 2. The Labute approximate surface area is 197 Å². The molecular weight excluding hydrogens is 416 g/mol. The fourth-order valence-corrected chi connectivity index (χ4v) is 4.45. The van der Waals surface area contributed by atoms with E-state index in [2.05, 4.69) is 5.32 Å². The second-order valence-electron chi connectivity index (χ2n) is 8.67. The first-order valence-corrected chi connectivity index (χ1v) is 11.9. The summed E-state index contributed by atoms with van der Waals surface area (Å²) in [6.07, 6.45) is 6.32. The van der Waals surface area contributed by atoms with Gasteiger partial charge in [0.2, 0.25) is 11.8 Å². The van der Waals surface area contributed by atoms with Crippen molar-refractivity contribution < 1.29 is 19.1 Å². The molecule has 1 aliphatic carbocycles. The van der Waals surface area contributed by atoms with E-state index in [1.54, 1.807) is 19.1 Å². The monoisotopic (exact) mass is 452 g/mol. The molecule has 1 saturated carbocycles. The molecule has 2 aromatic carbocycles. The zero-order valence-electron chi connectivity index (χ0n) is 20.0. The van der Waals surface area contributed by atoms with Crippen LogP contribution in [0.2, 0.25) is 0 Å². The first-order valence-electron chi connectivity index (χ1n) is 11.9. The van der Waals surface area contributed by atoms with Crippen molar-refractivity contribution in [2.75, 3.05) is 14.2 Å². The number of hydrogen-bond acceptors (Lipinski definition) is 4. The van der Waals surface area contributed by atoms with Gasteiger partial charge in [-0.3, -0.25) is 9.59 Å². The Hall–Kier alpha value is -3.02. The molecule has 1 aliphatic rings. The molecule has 6 heteroatoms. The van der Waals surface area contributed by atoms with Gasteiger partial charge in [-0.25, -0.2) is 0 Å². The van der Waals surface area contributed by atoms with Gasteiger partial charge in [-0.1, -0.05) is 50.5 Å². The number of carbonyl (C=O) groups excluding carboxylic acids is 2. The molecule has 2 amide bonds. The van der Waals surface area contributed by atoms with E-state index >= 15 is 0 Å². The summed E-state index contributed by atoms with van der Waals surface area (Å²) in [5.74, 6) is 1.34. The second kappa shape index (κ2) is 12.3. The smallest absolute Gasteiger partial charge is 0.243 e. The van der Waals surface area contributed by atoms with Crippen molar-refractivity contribution >= 4 is 11.8 Å². The SMILES string of the molecule is CC[C@H](C(=O)NC1CCCCC1)N(Cc1cccc(OC)c1)C(=O)Cc1ccc(OC)cc1. The fraction of sp³-hybridized carbons (Fsp3) is 0.481. The van der Waals surface area contributed by atoms with Crippen molar-refractivity contribution in [2.24, 2.45) is 0 Å². The van der Waals surface area contributed by atoms with Crippen molar-refractivity contribution in [3.8, 4) is 11.5 Å². The molecule has 1 N–H and O–H groups in total. The van der Waals surface area contributed by atoms with Crippen LogP contribution >= 0.6 is 0 Å². The molecular formula is C27H36N2O4. The van der Waals surface area contributed by atoms with Crippen molar-refractivity contribution in [3.63, 3.8) is 0 Å². The van der Waals surface area contributed by atoms with E-state index in [9.17, 15) is 9.59 Å². The number of nitrogens with one attached hydrogen (secondary N) is 1. The largest absolute Gasteiger partial charge is 0.497 e. The molecule has 1 fully saturated rings. The average Bonchev–Trinajstić information content (AvgIpc) is 2.85. The Morgan fingerprint density at radius 3 is 2.30 bits per heavy atom. The number of ether oxygens (including phenoxy) is 2.